The lowest BCUT2D eigenvalue weighted by Crippen LogP contribution is -2.40. The van der Waals surface area contributed by atoms with Gasteiger partial charge in [0, 0.05) is 32.4 Å². The minimum Gasteiger partial charge on any atom is -0.376 e. The number of amides is 3. The molecule has 1 aromatic carbocycles. The van der Waals surface area contributed by atoms with Gasteiger partial charge in [0.1, 0.15) is 5.82 Å². The molecule has 1 atom stereocenters. The summed E-state index contributed by atoms with van der Waals surface area (Å²) < 4.78 is 19.2. The van der Waals surface area contributed by atoms with Gasteiger partial charge in [0.2, 0.25) is 0 Å². The van der Waals surface area contributed by atoms with E-state index in [9.17, 15) is 14.0 Å². The van der Waals surface area contributed by atoms with E-state index in [0.29, 0.717) is 18.8 Å². The molecule has 1 saturated heterocycles. The lowest BCUT2D eigenvalue weighted by molar-refractivity contribution is 0.0849. The molecule has 2 rings (SSSR count). The number of carbonyl (C=O) groups excluding carboxylic acids is 2. The summed E-state index contributed by atoms with van der Waals surface area (Å²) in [6.07, 6.45) is 2.02. The molecule has 23 heavy (non-hydrogen) atoms. The van der Waals surface area contributed by atoms with Crippen molar-refractivity contribution in [1.82, 2.24) is 10.2 Å². The van der Waals surface area contributed by atoms with E-state index in [1.807, 2.05) is 6.92 Å². The van der Waals surface area contributed by atoms with Crippen molar-refractivity contribution in [3.8, 4) is 0 Å². The van der Waals surface area contributed by atoms with Crippen LogP contribution in [-0.2, 0) is 4.74 Å². The third-order valence-electron chi connectivity index (χ3n) is 3.81. The van der Waals surface area contributed by atoms with Crippen LogP contribution in [0.15, 0.2) is 18.2 Å². The number of hydrogen-bond donors (Lipinski definition) is 2. The molecule has 0 radical (unpaired) electrons. The topological polar surface area (TPSA) is 70.7 Å². The Morgan fingerprint density at radius 1 is 1.43 bits per heavy atom. The van der Waals surface area contributed by atoms with Crippen molar-refractivity contribution in [2.75, 3.05) is 32.1 Å². The highest BCUT2D eigenvalue weighted by molar-refractivity contribution is 5.97. The van der Waals surface area contributed by atoms with Gasteiger partial charge in [-0.05, 0) is 38.0 Å². The molecule has 0 bridgehead atoms. The van der Waals surface area contributed by atoms with Gasteiger partial charge in [0.25, 0.3) is 5.91 Å². The van der Waals surface area contributed by atoms with Gasteiger partial charge in [-0.3, -0.25) is 4.79 Å². The molecule has 1 aromatic rings. The van der Waals surface area contributed by atoms with Crippen LogP contribution < -0.4 is 10.6 Å². The molecule has 0 unspecified atom stereocenters. The molecular weight excluding hydrogens is 301 g/mol. The lowest BCUT2D eigenvalue weighted by atomic mass is 10.1. The zero-order valence-corrected chi connectivity index (χ0v) is 13.4. The van der Waals surface area contributed by atoms with Crippen LogP contribution in [-0.4, -0.2) is 49.7 Å². The first-order chi connectivity index (χ1) is 11.0. The molecule has 6 nitrogen and oxygen atoms in total. The van der Waals surface area contributed by atoms with Crippen molar-refractivity contribution in [2.45, 2.75) is 25.9 Å². The van der Waals surface area contributed by atoms with Crippen LogP contribution in [0.3, 0.4) is 0 Å². The number of nitrogens with one attached hydrogen (secondary N) is 2. The molecule has 1 aliphatic heterocycles. The van der Waals surface area contributed by atoms with Crippen LogP contribution in [0.5, 0.6) is 0 Å². The maximum atomic E-state index is 13.6. The predicted molar refractivity (Wildman–Crippen MR) is 85.0 cm³/mol. The number of likely N-dealkylation sites (N-methyl/N-ethyl adjacent to an activating group) is 1. The number of benzene rings is 1. The highest BCUT2D eigenvalue weighted by atomic mass is 19.1. The number of hydrogen-bond acceptors (Lipinski definition) is 3. The Morgan fingerprint density at radius 2 is 2.22 bits per heavy atom. The molecule has 2 N–H and O–H groups in total. The minimum atomic E-state index is -0.631. The van der Waals surface area contributed by atoms with Crippen molar-refractivity contribution < 1.29 is 18.7 Å². The number of rotatable bonds is 5. The standard InChI is InChI=1S/C16H22FN3O3/c1-3-20(10-12-5-4-8-23-12)16(22)19-11-6-7-14(17)13(9-11)15(21)18-2/h6-7,9,12H,3-5,8,10H2,1-2H3,(H,18,21)(H,19,22)/t12-/m0/s1. The van der Waals surface area contributed by atoms with Gasteiger partial charge in [0.05, 0.1) is 11.7 Å². The molecule has 1 heterocycles. The van der Waals surface area contributed by atoms with Gasteiger partial charge >= 0.3 is 6.03 Å². The molecule has 3 amide bonds. The van der Waals surface area contributed by atoms with Gasteiger partial charge in [-0.15, -0.1) is 0 Å². The fourth-order valence-electron chi connectivity index (χ4n) is 2.50. The maximum absolute atomic E-state index is 13.6. The smallest absolute Gasteiger partial charge is 0.321 e. The van der Waals surface area contributed by atoms with Gasteiger partial charge < -0.3 is 20.3 Å². The van der Waals surface area contributed by atoms with E-state index < -0.39 is 11.7 Å². The average molecular weight is 323 g/mol. The summed E-state index contributed by atoms with van der Waals surface area (Å²) >= 11 is 0. The highest BCUT2D eigenvalue weighted by Crippen LogP contribution is 2.17. The van der Waals surface area contributed by atoms with Crippen molar-refractivity contribution in [3.05, 3.63) is 29.6 Å². The Kier molecular flexibility index (Phi) is 5.92. The summed E-state index contributed by atoms with van der Waals surface area (Å²) in [5.41, 5.74) is 0.272. The van der Waals surface area contributed by atoms with Crippen molar-refractivity contribution >= 4 is 17.6 Å². The fourth-order valence-corrected chi connectivity index (χ4v) is 2.50. The van der Waals surface area contributed by atoms with Gasteiger partial charge in [0.15, 0.2) is 0 Å². The molecule has 0 saturated carbocycles. The summed E-state index contributed by atoms with van der Waals surface area (Å²) in [5, 5.41) is 5.06. The fraction of sp³-hybridized carbons (Fsp3) is 0.500. The molecule has 126 valence electrons. The summed E-state index contributed by atoms with van der Waals surface area (Å²) in [6, 6.07) is 3.62. The first-order valence-corrected chi connectivity index (χ1v) is 7.74. The van der Waals surface area contributed by atoms with Crippen LogP contribution in [0.1, 0.15) is 30.1 Å². The summed E-state index contributed by atoms with van der Waals surface area (Å²) in [4.78, 5) is 25.6. The maximum Gasteiger partial charge on any atom is 0.321 e. The molecule has 1 aliphatic rings. The zero-order valence-electron chi connectivity index (χ0n) is 13.4. The SMILES string of the molecule is CCN(C[C@@H]1CCCO1)C(=O)Nc1ccc(F)c(C(=O)NC)c1. The number of urea groups is 1. The quantitative estimate of drug-likeness (QED) is 0.873. The highest BCUT2D eigenvalue weighted by Gasteiger charge is 2.22. The van der Waals surface area contributed by atoms with E-state index in [-0.39, 0.29) is 17.7 Å². The van der Waals surface area contributed by atoms with Crippen LogP contribution in [0.2, 0.25) is 0 Å². The molecule has 7 heteroatoms. The lowest BCUT2D eigenvalue weighted by Gasteiger charge is -2.24. The van der Waals surface area contributed by atoms with E-state index in [1.165, 1.54) is 19.2 Å². The Hall–Kier alpha value is -2.15. The minimum absolute atomic E-state index is 0.0651. The number of ether oxygens (including phenoxy) is 1. The molecule has 0 aromatic heterocycles. The van der Waals surface area contributed by atoms with Crippen molar-refractivity contribution in [3.63, 3.8) is 0 Å². The zero-order chi connectivity index (χ0) is 16.8. The van der Waals surface area contributed by atoms with Gasteiger partial charge in [-0.25, -0.2) is 9.18 Å². The summed E-state index contributed by atoms with van der Waals surface area (Å²) in [7, 11) is 1.42. The largest absolute Gasteiger partial charge is 0.376 e. The number of carbonyl (C=O) groups is 2. The predicted octanol–water partition coefficient (Wildman–Crippen LogP) is 2.22. The summed E-state index contributed by atoms with van der Waals surface area (Å²) in [5.74, 6) is -1.17. The second-order valence-corrected chi connectivity index (χ2v) is 5.38. The van der Waals surface area contributed by atoms with Crippen LogP contribution >= 0.6 is 0 Å². The number of halogens is 1. The van der Waals surface area contributed by atoms with E-state index in [2.05, 4.69) is 10.6 Å². The number of nitrogens with zero attached hydrogens (tertiary/aromatic N) is 1. The second kappa shape index (κ2) is 7.92. The van der Waals surface area contributed by atoms with E-state index in [4.69, 9.17) is 4.74 Å². The first kappa shape index (κ1) is 17.2. The number of anilines is 1. The first-order valence-electron chi connectivity index (χ1n) is 7.74. The van der Waals surface area contributed by atoms with E-state index in [0.717, 1.165) is 25.5 Å². The third-order valence-corrected chi connectivity index (χ3v) is 3.81. The van der Waals surface area contributed by atoms with Crippen molar-refractivity contribution in [2.24, 2.45) is 0 Å². The molecule has 1 fully saturated rings. The Labute approximate surface area is 135 Å². The van der Waals surface area contributed by atoms with Crippen LogP contribution in [0.4, 0.5) is 14.9 Å². The van der Waals surface area contributed by atoms with Crippen molar-refractivity contribution in [1.29, 1.82) is 0 Å². The third kappa shape index (κ3) is 4.41. The Bertz CT molecular complexity index is 574. The van der Waals surface area contributed by atoms with E-state index in [1.54, 1.807) is 4.90 Å². The Morgan fingerprint density at radius 3 is 2.83 bits per heavy atom. The van der Waals surface area contributed by atoms with Gasteiger partial charge in [-0.2, -0.15) is 0 Å². The summed E-state index contributed by atoms with van der Waals surface area (Å²) in [6.45, 7) is 3.67. The molecule has 0 spiro atoms. The second-order valence-electron chi connectivity index (χ2n) is 5.38. The monoisotopic (exact) mass is 323 g/mol. The van der Waals surface area contributed by atoms with Crippen LogP contribution in [0.25, 0.3) is 0 Å². The van der Waals surface area contributed by atoms with Crippen LogP contribution in [0, 0.1) is 5.82 Å². The van der Waals surface area contributed by atoms with Gasteiger partial charge in [-0.1, -0.05) is 0 Å². The Balaban J connectivity index is 2.04. The molecule has 0 aliphatic carbocycles. The normalized spacial score (nSPS) is 16.9. The molecular formula is C16H22FN3O3. The van der Waals surface area contributed by atoms with E-state index >= 15 is 0 Å². The average Bonchev–Trinajstić information content (AvgIpc) is 3.06.